The zero-order valence-corrected chi connectivity index (χ0v) is 12.7. The van der Waals surface area contributed by atoms with Crippen molar-refractivity contribution < 1.29 is 14.6 Å². The number of hydrogen-bond donors (Lipinski definition) is 1. The average molecular weight is 258 g/mol. The van der Waals surface area contributed by atoms with Crippen LogP contribution < -0.4 is 0 Å². The number of aliphatic hydroxyl groups is 1. The molecule has 1 unspecified atom stereocenters. The van der Waals surface area contributed by atoms with Gasteiger partial charge in [0.15, 0.2) is 0 Å². The summed E-state index contributed by atoms with van der Waals surface area (Å²) in [5, 5.41) is 10.1. The van der Waals surface area contributed by atoms with Gasteiger partial charge in [-0.3, -0.25) is 4.79 Å². The molecule has 1 N–H and O–H groups in total. The first kappa shape index (κ1) is 17.4. The van der Waals surface area contributed by atoms with Gasteiger partial charge in [0, 0.05) is 0 Å². The van der Waals surface area contributed by atoms with Crippen molar-refractivity contribution in [3.63, 3.8) is 0 Å². The maximum atomic E-state index is 11.9. The van der Waals surface area contributed by atoms with Gasteiger partial charge < -0.3 is 9.84 Å². The largest absolute Gasteiger partial charge is 0.465 e. The van der Waals surface area contributed by atoms with Crippen molar-refractivity contribution in [1.29, 1.82) is 0 Å². The fourth-order valence-electron chi connectivity index (χ4n) is 1.69. The molecule has 0 aromatic heterocycles. The molecule has 0 saturated carbocycles. The summed E-state index contributed by atoms with van der Waals surface area (Å²) in [5.74, 6) is 0.0330. The van der Waals surface area contributed by atoms with E-state index in [2.05, 4.69) is 6.92 Å². The van der Waals surface area contributed by atoms with Gasteiger partial charge in [-0.2, -0.15) is 0 Å². The van der Waals surface area contributed by atoms with E-state index in [1.54, 1.807) is 13.8 Å². The maximum absolute atomic E-state index is 11.9. The topological polar surface area (TPSA) is 46.5 Å². The molecule has 3 heteroatoms. The summed E-state index contributed by atoms with van der Waals surface area (Å²) < 4.78 is 5.22. The van der Waals surface area contributed by atoms with Crippen LogP contribution in [0.4, 0.5) is 0 Å². The fraction of sp³-hybridized carbons (Fsp3) is 0.933. The third kappa shape index (κ3) is 6.39. The first-order chi connectivity index (χ1) is 8.32. The fourth-order valence-corrected chi connectivity index (χ4v) is 1.69. The second-order valence-corrected chi connectivity index (χ2v) is 6.08. The molecule has 0 fully saturated rings. The van der Waals surface area contributed by atoms with Crippen LogP contribution in [0.15, 0.2) is 0 Å². The van der Waals surface area contributed by atoms with Gasteiger partial charge in [-0.15, -0.1) is 0 Å². The molecular weight excluding hydrogens is 228 g/mol. The number of carbonyl (C=O) groups is 1. The second-order valence-electron chi connectivity index (χ2n) is 6.08. The third-order valence-corrected chi connectivity index (χ3v) is 3.24. The van der Waals surface area contributed by atoms with Gasteiger partial charge in [-0.1, -0.05) is 46.5 Å². The number of aliphatic hydroxyl groups excluding tert-OH is 1. The molecule has 0 spiro atoms. The Morgan fingerprint density at radius 3 is 2.33 bits per heavy atom. The first-order valence-corrected chi connectivity index (χ1v) is 7.17. The first-order valence-electron chi connectivity index (χ1n) is 7.17. The van der Waals surface area contributed by atoms with Crippen molar-refractivity contribution >= 4 is 5.97 Å². The lowest BCUT2D eigenvalue weighted by molar-refractivity contribution is -0.162. The van der Waals surface area contributed by atoms with Gasteiger partial charge in [0.25, 0.3) is 0 Å². The summed E-state index contributed by atoms with van der Waals surface area (Å²) in [6.07, 6.45) is 4.50. The quantitative estimate of drug-likeness (QED) is 0.508. The highest BCUT2D eigenvalue weighted by atomic mass is 16.5. The Morgan fingerprint density at radius 1 is 1.22 bits per heavy atom. The molecule has 1 atom stereocenters. The average Bonchev–Trinajstić information content (AvgIpc) is 2.30. The minimum atomic E-state index is -0.804. The SMILES string of the molecule is CCCCCCC(O)C(C)(C)C(=O)OCC(C)C. The summed E-state index contributed by atoms with van der Waals surface area (Å²) in [6.45, 7) is 10.1. The third-order valence-electron chi connectivity index (χ3n) is 3.24. The van der Waals surface area contributed by atoms with E-state index in [0.717, 1.165) is 12.8 Å². The van der Waals surface area contributed by atoms with Gasteiger partial charge in [-0.05, 0) is 26.2 Å². The summed E-state index contributed by atoms with van der Waals surface area (Å²) >= 11 is 0. The minimum Gasteiger partial charge on any atom is -0.465 e. The lowest BCUT2D eigenvalue weighted by Crippen LogP contribution is -2.39. The number of unbranched alkanes of at least 4 members (excludes halogenated alkanes) is 3. The summed E-state index contributed by atoms with van der Waals surface area (Å²) in [6, 6.07) is 0. The molecule has 0 aromatic rings. The molecule has 108 valence electrons. The molecule has 0 aliphatic rings. The van der Waals surface area contributed by atoms with E-state index < -0.39 is 11.5 Å². The van der Waals surface area contributed by atoms with E-state index in [1.165, 1.54) is 12.8 Å². The van der Waals surface area contributed by atoms with Gasteiger partial charge in [0.2, 0.25) is 0 Å². The van der Waals surface area contributed by atoms with E-state index >= 15 is 0 Å². The van der Waals surface area contributed by atoms with Crippen LogP contribution in [0.25, 0.3) is 0 Å². The molecule has 0 amide bonds. The predicted molar refractivity (Wildman–Crippen MR) is 74.3 cm³/mol. The molecule has 3 nitrogen and oxygen atoms in total. The molecule has 0 aliphatic heterocycles. The zero-order valence-electron chi connectivity index (χ0n) is 12.7. The Bertz CT molecular complexity index is 234. The molecule has 0 radical (unpaired) electrons. The standard InChI is InChI=1S/C15H30O3/c1-6-7-8-9-10-13(16)15(4,5)14(17)18-11-12(2)3/h12-13,16H,6-11H2,1-5H3. The molecule has 0 aliphatic carbocycles. The van der Waals surface area contributed by atoms with Gasteiger partial charge in [-0.25, -0.2) is 0 Å². The monoisotopic (exact) mass is 258 g/mol. The molecule has 0 rings (SSSR count). The Kier molecular flexibility index (Phi) is 8.25. The zero-order chi connectivity index (χ0) is 14.2. The van der Waals surface area contributed by atoms with Crippen molar-refractivity contribution in [2.45, 2.75) is 72.8 Å². The molecule has 18 heavy (non-hydrogen) atoms. The van der Waals surface area contributed by atoms with E-state index in [-0.39, 0.29) is 5.97 Å². The minimum absolute atomic E-state index is 0.292. The Balaban J connectivity index is 4.11. The van der Waals surface area contributed by atoms with Crippen molar-refractivity contribution in [3.8, 4) is 0 Å². The predicted octanol–water partition coefficient (Wildman–Crippen LogP) is 3.54. The highest BCUT2D eigenvalue weighted by Gasteiger charge is 2.36. The summed E-state index contributed by atoms with van der Waals surface area (Å²) in [4.78, 5) is 11.9. The Labute approximate surface area is 112 Å². The molecule has 0 saturated heterocycles. The van der Waals surface area contributed by atoms with Crippen LogP contribution in [0.5, 0.6) is 0 Å². The summed E-state index contributed by atoms with van der Waals surface area (Å²) in [7, 11) is 0. The lowest BCUT2D eigenvalue weighted by atomic mass is 9.84. The van der Waals surface area contributed by atoms with E-state index in [9.17, 15) is 9.90 Å². The Morgan fingerprint density at radius 2 is 1.83 bits per heavy atom. The van der Waals surface area contributed by atoms with Crippen molar-refractivity contribution in [3.05, 3.63) is 0 Å². The summed E-state index contributed by atoms with van der Waals surface area (Å²) in [5.41, 5.74) is -0.804. The van der Waals surface area contributed by atoms with Gasteiger partial charge >= 0.3 is 5.97 Å². The van der Waals surface area contributed by atoms with Crippen LogP contribution in [-0.4, -0.2) is 23.8 Å². The smallest absolute Gasteiger partial charge is 0.314 e. The van der Waals surface area contributed by atoms with Crippen LogP contribution >= 0.6 is 0 Å². The maximum Gasteiger partial charge on any atom is 0.314 e. The van der Waals surface area contributed by atoms with Crippen molar-refractivity contribution in [2.75, 3.05) is 6.61 Å². The number of rotatable bonds is 9. The van der Waals surface area contributed by atoms with E-state index in [0.29, 0.717) is 18.9 Å². The van der Waals surface area contributed by atoms with Crippen molar-refractivity contribution in [2.24, 2.45) is 11.3 Å². The van der Waals surface area contributed by atoms with Crippen LogP contribution in [0.1, 0.15) is 66.7 Å². The Hall–Kier alpha value is -0.570. The van der Waals surface area contributed by atoms with Crippen molar-refractivity contribution in [1.82, 2.24) is 0 Å². The number of carbonyl (C=O) groups excluding carboxylic acids is 1. The van der Waals surface area contributed by atoms with Crippen LogP contribution in [-0.2, 0) is 9.53 Å². The number of ether oxygens (including phenoxy) is 1. The number of esters is 1. The number of hydrogen-bond acceptors (Lipinski definition) is 3. The lowest BCUT2D eigenvalue weighted by Gasteiger charge is -2.28. The highest BCUT2D eigenvalue weighted by molar-refractivity contribution is 5.76. The highest BCUT2D eigenvalue weighted by Crippen LogP contribution is 2.26. The van der Waals surface area contributed by atoms with Gasteiger partial charge in [0.05, 0.1) is 18.1 Å². The van der Waals surface area contributed by atoms with E-state index in [1.807, 2.05) is 13.8 Å². The molecule has 0 aromatic carbocycles. The van der Waals surface area contributed by atoms with Crippen LogP contribution in [0.3, 0.4) is 0 Å². The molecule has 0 bridgehead atoms. The second kappa shape index (κ2) is 8.52. The van der Waals surface area contributed by atoms with Crippen LogP contribution in [0, 0.1) is 11.3 Å². The molecule has 0 heterocycles. The normalized spacial score (nSPS) is 13.7. The van der Waals surface area contributed by atoms with Crippen LogP contribution in [0.2, 0.25) is 0 Å². The van der Waals surface area contributed by atoms with E-state index in [4.69, 9.17) is 4.74 Å². The van der Waals surface area contributed by atoms with Gasteiger partial charge in [0.1, 0.15) is 0 Å². The molecular formula is C15H30O3.